The van der Waals surface area contributed by atoms with Gasteiger partial charge < -0.3 is 19.5 Å². The Kier molecular flexibility index (Phi) is 5.62. The quantitative estimate of drug-likeness (QED) is 0.814. The number of benzene rings is 1. The van der Waals surface area contributed by atoms with E-state index in [0.29, 0.717) is 18.8 Å². The van der Waals surface area contributed by atoms with Crippen molar-refractivity contribution in [2.75, 3.05) is 18.1 Å². The maximum Gasteiger partial charge on any atom is 0.345 e. The lowest BCUT2D eigenvalue weighted by Gasteiger charge is -2.26. The van der Waals surface area contributed by atoms with E-state index in [-0.39, 0.29) is 24.3 Å². The van der Waals surface area contributed by atoms with E-state index in [1.807, 2.05) is 4.90 Å². The van der Waals surface area contributed by atoms with Crippen molar-refractivity contribution in [2.24, 2.45) is 0 Å². The van der Waals surface area contributed by atoms with E-state index >= 15 is 0 Å². The number of pyridine rings is 1. The van der Waals surface area contributed by atoms with Crippen LogP contribution in [0.15, 0.2) is 48.7 Å². The highest BCUT2D eigenvalue weighted by Gasteiger charge is 2.34. The largest absolute Gasteiger partial charge is 0.478 e. The summed E-state index contributed by atoms with van der Waals surface area (Å²) in [5, 5.41) is 9.00. The molecule has 0 aliphatic carbocycles. The fraction of sp³-hybridized carbons (Fsp3) is 0.333. The van der Waals surface area contributed by atoms with E-state index < -0.39 is 12.6 Å². The van der Waals surface area contributed by atoms with Crippen LogP contribution in [0, 0.1) is 0 Å². The van der Waals surface area contributed by atoms with Gasteiger partial charge in [0.05, 0.1) is 24.8 Å². The number of aromatic carboxylic acids is 1. The van der Waals surface area contributed by atoms with Gasteiger partial charge in [-0.1, -0.05) is 6.07 Å². The topological polar surface area (TPSA) is 71.9 Å². The minimum absolute atomic E-state index is 0.152. The number of carboxylic acid groups (broad SMARTS) is 1. The molecule has 0 bridgehead atoms. The zero-order valence-corrected chi connectivity index (χ0v) is 13.8. The molecule has 1 aromatic heterocycles. The van der Waals surface area contributed by atoms with Crippen molar-refractivity contribution >= 4 is 11.7 Å². The lowest BCUT2D eigenvalue weighted by Crippen LogP contribution is -2.34. The fourth-order valence-electron chi connectivity index (χ4n) is 3.00. The van der Waals surface area contributed by atoms with Crippen molar-refractivity contribution in [1.82, 2.24) is 4.98 Å². The van der Waals surface area contributed by atoms with Crippen LogP contribution in [0.1, 0.15) is 16.8 Å². The molecule has 0 spiro atoms. The van der Waals surface area contributed by atoms with Crippen LogP contribution >= 0.6 is 0 Å². The summed E-state index contributed by atoms with van der Waals surface area (Å²) >= 11 is 0. The Morgan fingerprint density at radius 1 is 1.27 bits per heavy atom. The second kappa shape index (κ2) is 8.09. The average Bonchev–Trinajstić information content (AvgIpc) is 3.03. The second-order valence-corrected chi connectivity index (χ2v) is 5.90. The number of aromatic nitrogens is 1. The average molecular weight is 364 g/mol. The minimum Gasteiger partial charge on any atom is -0.478 e. The first-order chi connectivity index (χ1) is 12.5. The van der Waals surface area contributed by atoms with Gasteiger partial charge in [0.1, 0.15) is 6.10 Å². The molecule has 2 aromatic rings. The molecule has 8 heteroatoms. The van der Waals surface area contributed by atoms with Gasteiger partial charge >= 0.3 is 12.6 Å². The van der Waals surface area contributed by atoms with E-state index in [4.69, 9.17) is 9.84 Å². The number of carboxylic acids is 1. The van der Waals surface area contributed by atoms with Gasteiger partial charge in [0, 0.05) is 24.4 Å². The number of hydrogen-bond donors (Lipinski definition) is 1. The smallest absolute Gasteiger partial charge is 0.345 e. The van der Waals surface area contributed by atoms with Crippen molar-refractivity contribution in [3.63, 3.8) is 0 Å². The van der Waals surface area contributed by atoms with E-state index in [0.717, 1.165) is 5.69 Å². The third-order valence-electron chi connectivity index (χ3n) is 4.16. The highest BCUT2D eigenvalue weighted by molar-refractivity contribution is 5.88. The van der Waals surface area contributed by atoms with Crippen molar-refractivity contribution in [1.29, 1.82) is 0 Å². The number of hydrogen-bond acceptors (Lipinski definition) is 5. The molecule has 138 valence electrons. The zero-order chi connectivity index (χ0) is 18.5. The van der Waals surface area contributed by atoms with Crippen LogP contribution in [0.2, 0.25) is 0 Å². The fourth-order valence-corrected chi connectivity index (χ4v) is 3.00. The molecule has 1 N–H and O–H groups in total. The number of carbonyl (C=O) groups is 1. The van der Waals surface area contributed by atoms with Crippen molar-refractivity contribution in [2.45, 2.75) is 25.2 Å². The van der Waals surface area contributed by atoms with Gasteiger partial charge in [0.2, 0.25) is 5.88 Å². The Bertz CT molecular complexity index is 728. The highest BCUT2D eigenvalue weighted by Crippen LogP contribution is 2.29. The first-order valence-electron chi connectivity index (χ1n) is 8.10. The SMILES string of the molecule is O=C(O)c1ccc(N2C[C@@H](Oc3ccccn3)C[C@H]2COC(F)F)cc1. The van der Waals surface area contributed by atoms with E-state index in [1.165, 1.54) is 12.1 Å². The van der Waals surface area contributed by atoms with Crippen LogP contribution in [-0.4, -0.2) is 48.0 Å². The number of anilines is 1. The molecule has 1 aliphatic heterocycles. The number of rotatable bonds is 7. The molecule has 1 saturated heterocycles. The highest BCUT2D eigenvalue weighted by atomic mass is 19.3. The van der Waals surface area contributed by atoms with Crippen molar-refractivity contribution in [3.8, 4) is 5.88 Å². The van der Waals surface area contributed by atoms with Crippen LogP contribution in [0.4, 0.5) is 14.5 Å². The van der Waals surface area contributed by atoms with E-state index in [2.05, 4.69) is 9.72 Å². The summed E-state index contributed by atoms with van der Waals surface area (Å²) < 4.78 is 35.2. The molecule has 1 fully saturated rings. The van der Waals surface area contributed by atoms with Crippen LogP contribution in [0.3, 0.4) is 0 Å². The van der Waals surface area contributed by atoms with Gasteiger partial charge in [-0.25, -0.2) is 9.78 Å². The van der Waals surface area contributed by atoms with Gasteiger partial charge in [-0.05, 0) is 30.3 Å². The standard InChI is InChI=1S/C18H18F2N2O4/c19-18(20)25-11-14-9-15(26-16-3-1-2-8-21-16)10-22(14)13-6-4-12(5-7-13)17(23)24/h1-8,14-15,18H,9-11H2,(H,23,24)/t14-,15-/m0/s1. The second-order valence-electron chi connectivity index (χ2n) is 5.90. The molecule has 26 heavy (non-hydrogen) atoms. The molecule has 0 amide bonds. The minimum atomic E-state index is -2.85. The summed E-state index contributed by atoms with van der Waals surface area (Å²) in [5.41, 5.74) is 0.889. The molecule has 0 radical (unpaired) electrons. The third-order valence-corrected chi connectivity index (χ3v) is 4.16. The van der Waals surface area contributed by atoms with Gasteiger partial charge in [-0.3, -0.25) is 0 Å². The molecule has 2 atom stereocenters. The summed E-state index contributed by atoms with van der Waals surface area (Å²) in [5.74, 6) is -0.555. The molecule has 6 nitrogen and oxygen atoms in total. The Balaban J connectivity index is 1.74. The van der Waals surface area contributed by atoms with Crippen molar-refractivity contribution < 1.29 is 28.2 Å². The summed E-state index contributed by atoms with van der Waals surface area (Å²) in [6.07, 6.45) is 1.86. The van der Waals surface area contributed by atoms with Gasteiger partial charge in [0.15, 0.2) is 0 Å². The number of halogens is 2. The van der Waals surface area contributed by atoms with Gasteiger partial charge in [0.25, 0.3) is 0 Å². The normalized spacial score (nSPS) is 19.7. The summed E-state index contributed by atoms with van der Waals surface area (Å²) in [6, 6.07) is 11.3. The first kappa shape index (κ1) is 18.1. The Hall–Kier alpha value is -2.74. The molecule has 1 aromatic carbocycles. The first-order valence-corrected chi connectivity index (χ1v) is 8.10. The maximum atomic E-state index is 12.5. The summed E-state index contributed by atoms with van der Waals surface area (Å²) in [7, 11) is 0. The Labute approximate surface area is 149 Å². The maximum absolute atomic E-state index is 12.5. The molecule has 3 rings (SSSR count). The Morgan fingerprint density at radius 3 is 2.65 bits per heavy atom. The molecule has 1 aliphatic rings. The predicted octanol–water partition coefficient (Wildman–Crippen LogP) is 3.05. The van der Waals surface area contributed by atoms with E-state index in [9.17, 15) is 13.6 Å². The zero-order valence-electron chi connectivity index (χ0n) is 13.8. The predicted molar refractivity (Wildman–Crippen MR) is 89.8 cm³/mol. The number of nitrogens with zero attached hydrogens (tertiary/aromatic N) is 2. The van der Waals surface area contributed by atoms with Crippen LogP contribution in [0.25, 0.3) is 0 Å². The van der Waals surface area contributed by atoms with E-state index in [1.54, 1.807) is 36.5 Å². The number of ether oxygens (including phenoxy) is 2. The van der Waals surface area contributed by atoms with Gasteiger partial charge in [-0.15, -0.1) is 0 Å². The summed E-state index contributed by atoms with van der Waals surface area (Å²) in [6.45, 7) is -2.54. The van der Waals surface area contributed by atoms with Crippen molar-refractivity contribution in [3.05, 3.63) is 54.2 Å². The van der Waals surface area contributed by atoms with Crippen LogP contribution in [0.5, 0.6) is 5.88 Å². The molecule has 0 unspecified atom stereocenters. The lowest BCUT2D eigenvalue weighted by atomic mass is 10.1. The molecule has 2 heterocycles. The summed E-state index contributed by atoms with van der Waals surface area (Å²) in [4.78, 5) is 17.0. The molecular weight excluding hydrogens is 346 g/mol. The van der Waals surface area contributed by atoms with Crippen LogP contribution < -0.4 is 9.64 Å². The number of alkyl halides is 2. The molecular formula is C18H18F2N2O4. The van der Waals surface area contributed by atoms with Gasteiger partial charge in [-0.2, -0.15) is 8.78 Å². The lowest BCUT2D eigenvalue weighted by molar-refractivity contribution is -0.131. The van der Waals surface area contributed by atoms with Crippen LogP contribution in [-0.2, 0) is 4.74 Å². The Morgan fingerprint density at radius 2 is 2.04 bits per heavy atom. The molecule has 0 saturated carbocycles. The third kappa shape index (κ3) is 4.45. The monoisotopic (exact) mass is 364 g/mol.